The lowest BCUT2D eigenvalue weighted by molar-refractivity contribution is -0.137. The number of rotatable bonds is 6. The molecule has 1 fully saturated rings. The lowest BCUT2D eigenvalue weighted by atomic mass is 9.82. The summed E-state index contributed by atoms with van der Waals surface area (Å²) in [6.45, 7) is 0.601. The first-order chi connectivity index (χ1) is 15.7. The maximum atomic E-state index is 14.1. The van der Waals surface area contributed by atoms with Gasteiger partial charge in [-0.05, 0) is 24.6 Å². The standard InChI is InChI=1S/C22H23F3N4O3S/c1-21(13-3-5-14(23)6-4-13)17(20(31)32-2)16(27-18(28-21)19-26-7-8-33-19)10-29-12-22(24,25)9-15(29)11-30/h3-8,15,30H,9-12H2,1-2H3,(H,27,28)/t15-,21-/m0/s1. The van der Waals surface area contributed by atoms with Gasteiger partial charge in [-0.25, -0.2) is 27.9 Å². The van der Waals surface area contributed by atoms with Crippen molar-refractivity contribution in [1.29, 1.82) is 0 Å². The smallest absolute Gasteiger partial charge is 0.338 e. The predicted molar refractivity (Wildman–Crippen MR) is 117 cm³/mol. The molecule has 0 bridgehead atoms. The molecule has 0 aliphatic carbocycles. The lowest BCUT2D eigenvalue weighted by Gasteiger charge is -2.36. The summed E-state index contributed by atoms with van der Waals surface area (Å²) >= 11 is 1.32. The van der Waals surface area contributed by atoms with E-state index in [9.17, 15) is 23.1 Å². The van der Waals surface area contributed by atoms with Crippen molar-refractivity contribution in [1.82, 2.24) is 15.2 Å². The minimum Gasteiger partial charge on any atom is -0.466 e. The number of aliphatic hydroxyl groups excluding tert-OH is 1. The average molecular weight is 481 g/mol. The molecule has 1 saturated heterocycles. The molecule has 11 heteroatoms. The van der Waals surface area contributed by atoms with Crippen LogP contribution in [-0.4, -0.2) is 65.6 Å². The number of nitrogens with zero attached hydrogens (tertiary/aromatic N) is 3. The van der Waals surface area contributed by atoms with Gasteiger partial charge in [-0.3, -0.25) is 4.90 Å². The number of ether oxygens (including phenoxy) is 1. The highest BCUT2D eigenvalue weighted by molar-refractivity contribution is 7.11. The van der Waals surface area contributed by atoms with Gasteiger partial charge in [-0.15, -0.1) is 11.3 Å². The normalized spacial score (nSPS) is 25.0. The molecule has 33 heavy (non-hydrogen) atoms. The monoisotopic (exact) mass is 480 g/mol. The number of carbonyl (C=O) groups excluding carboxylic acids is 1. The Kier molecular flexibility index (Phi) is 6.30. The maximum absolute atomic E-state index is 14.1. The highest BCUT2D eigenvalue weighted by atomic mass is 32.1. The van der Waals surface area contributed by atoms with E-state index in [0.717, 1.165) is 0 Å². The van der Waals surface area contributed by atoms with Crippen LogP contribution in [0.15, 0.2) is 52.1 Å². The van der Waals surface area contributed by atoms with Crippen LogP contribution in [0.5, 0.6) is 0 Å². The summed E-state index contributed by atoms with van der Waals surface area (Å²) in [7, 11) is 1.22. The molecule has 1 aromatic heterocycles. The quantitative estimate of drug-likeness (QED) is 0.619. The van der Waals surface area contributed by atoms with Crippen molar-refractivity contribution < 1.29 is 27.8 Å². The summed E-state index contributed by atoms with van der Waals surface area (Å²) in [5.74, 6) is -3.75. The summed E-state index contributed by atoms with van der Waals surface area (Å²) in [6.07, 6.45) is 1.12. The molecule has 4 rings (SSSR count). The lowest BCUT2D eigenvalue weighted by Crippen LogP contribution is -2.46. The fourth-order valence-electron chi connectivity index (χ4n) is 4.31. The number of amidine groups is 1. The summed E-state index contributed by atoms with van der Waals surface area (Å²) in [5.41, 5.74) is -0.365. The third-order valence-corrected chi connectivity index (χ3v) is 6.66. The first-order valence-electron chi connectivity index (χ1n) is 10.2. The van der Waals surface area contributed by atoms with E-state index in [1.54, 1.807) is 18.5 Å². The number of aromatic nitrogens is 1. The predicted octanol–water partition coefficient (Wildman–Crippen LogP) is 2.68. The van der Waals surface area contributed by atoms with E-state index in [1.807, 2.05) is 0 Å². The molecule has 0 spiro atoms. The second-order valence-electron chi connectivity index (χ2n) is 8.15. The number of aliphatic imine (C=N–C) groups is 1. The Labute approximate surface area is 192 Å². The molecule has 2 aliphatic rings. The second kappa shape index (κ2) is 8.88. The molecular weight excluding hydrogens is 457 g/mol. The molecule has 0 unspecified atom stereocenters. The average Bonchev–Trinajstić information content (AvgIpc) is 3.41. The van der Waals surface area contributed by atoms with Gasteiger partial charge < -0.3 is 15.2 Å². The maximum Gasteiger partial charge on any atom is 0.338 e. The molecule has 2 N–H and O–H groups in total. The van der Waals surface area contributed by atoms with Crippen molar-refractivity contribution in [3.8, 4) is 0 Å². The van der Waals surface area contributed by atoms with Crippen LogP contribution in [0.2, 0.25) is 0 Å². The Bertz CT molecular complexity index is 1090. The molecule has 1 aromatic carbocycles. The molecular formula is C22H23F3N4O3S. The first kappa shape index (κ1) is 23.4. The van der Waals surface area contributed by atoms with Crippen molar-refractivity contribution in [2.24, 2.45) is 4.99 Å². The van der Waals surface area contributed by atoms with Gasteiger partial charge in [0, 0.05) is 36.3 Å². The molecule has 2 aliphatic heterocycles. The van der Waals surface area contributed by atoms with Gasteiger partial charge in [0.25, 0.3) is 5.92 Å². The van der Waals surface area contributed by atoms with E-state index in [1.165, 1.54) is 47.6 Å². The number of halogens is 3. The van der Waals surface area contributed by atoms with Gasteiger partial charge in [0.15, 0.2) is 10.8 Å². The first-order valence-corrected chi connectivity index (χ1v) is 11.1. The molecule has 2 aromatic rings. The number of alkyl halides is 2. The van der Waals surface area contributed by atoms with Gasteiger partial charge in [-0.1, -0.05) is 12.1 Å². The summed E-state index contributed by atoms with van der Waals surface area (Å²) < 4.78 is 46.9. The number of likely N-dealkylation sites (tertiary alicyclic amines) is 1. The molecule has 0 saturated carbocycles. The van der Waals surface area contributed by atoms with Crippen LogP contribution in [0.25, 0.3) is 0 Å². The Balaban J connectivity index is 1.85. The fraction of sp³-hybridized carbons (Fsp3) is 0.409. The highest BCUT2D eigenvalue weighted by Gasteiger charge is 2.47. The van der Waals surface area contributed by atoms with Gasteiger partial charge in [0.05, 0.1) is 25.8 Å². The zero-order chi connectivity index (χ0) is 23.8. The van der Waals surface area contributed by atoms with Crippen molar-refractivity contribution in [3.05, 3.63) is 63.5 Å². The zero-order valence-corrected chi connectivity index (χ0v) is 18.8. The van der Waals surface area contributed by atoms with E-state index >= 15 is 0 Å². The van der Waals surface area contributed by atoms with Crippen LogP contribution in [0.4, 0.5) is 13.2 Å². The highest BCUT2D eigenvalue weighted by Crippen LogP contribution is 2.40. The molecule has 0 radical (unpaired) electrons. The molecule has 7 nitrogen and oxygen atoms in total. The topological polar surface area (TPSA) is 87.0 Å². The van der Waals surface area contributed by atoms with Crippen LogP contribution >= 0.6 is 11.3 Å². The van der Waals surface area contributed by atoms with Gasteiger partial charge in [0.1, 0.15) is 11.4 Å². The van der Waals surface area contributed by atoms with E-state index in [0.29, 0.717) is 22.1 Å². The van der Waals surface area contributed by atoms with Crippen LogP contribution in [0.3, 0.4) is 0 Å². The van der Waals surface area contributed by atoms with Gasteiger partial charge in [-0.2, -0.15) is 0 Å². The van der Waals surface area contributed by atoms with Crippen LogP contribution < -0.4 is 5.32 Å². The molecule has 3 heterocycles. The van der Waals surface area contributed by atoms with Crippen LogP contribution in [0, 0.1) is 5.82 Å². The number of carbonyl (C=O) groups is 1. The minimum absolute atomic E-state index is 0.0770. The largest absolute Gasteiger partial charge is 0.466 e. The zero-order valence-electron chi connectivity index (χ0n) is 18.0. The van der Waals surface area contributed by atoms with Crippen molar-refractivity contribution in [2.75, 3.05) is 26.8 Å². The summed E-state index contributed by atoms with van der Waals surface area (Å²) in [6, 6.07) is 4.79. The van der Waals surface area contributed by atoms with Crippen LogP contribution in [-0.2, 0) is 15.1 Å². The van der Waals surface area contributed by atoms with Crippen molar-refractivity contribution in [2.45, 2.75) is 30.8 Å². The third-order valence-electron chi connectivity index (χ3n) is 5.88. The number of esters is 1. The molecule has 0 amide bonds. The Hall–Kier alpha value is -2.76. The van der Waals surface area contributed by atoms with Crippen LogP contribution in [0.1, 0.15) is 23.9 Å². The van der Waals surface area contributed by atoms with E-state index < -0.39 is 48.9 Å². The van der Waals surface area contributed by atoms with Gasteiger partial charge in [0.2, 0.25) is 0 Å². The number of nitrogens with one attached hydrogen (secondary N) is 1. The van der Waals surface area contributed by atoms with E-state index in [4.69, 9.17) is 9.73 Å². The minimum atomic E-state index is -2.96. The number of benzene rings is 1. The second-order valence-corrected chi connectivity index (χ2v) is 9.04. The number of hydrogen-bond donors (Lipinski definition) is 2. The number of thiazole rings is 1. The molecule has 2 atom stereocenters. The Morgan fingerprint density at radius 2 is 2.09 bits per heavy atom. The molecule has 176 valence electrons. The Morgan fingerprint density at radius 1 is 1.36 bits per heavy atom. The summed E-state index contributed by atoms with van der Waals surface area (Å²) in [4.78, 5) is 23.4. The number of hydrogen-bond acceptors (Lipinski definition) is 8. The van der Waals surface area contributed by atoms with E-state index in [2.05, 4.69) is 10.3 Å². The third kappa shape index (κ3) is 4.53. The van der Waals surface area contributed by atoms with Gasteiger partial charge >= 0.3 is 5.97 Å². The fourth-order valence-corrected chi connectivity index (χ4v) is 4.89. The Morgan fingerprint density at radius 3 is 2.70 bits per heavy atom. The van der Waals surface area contributed by atoms with Crippen molar-refractivity contribution in [3.63, 3.8) is 0 Å². The van der Waals surface area contributed by atoms with E-state index in [-0.39, 0.29) is 12.1 Å². The number of aliphatic hydroxyl groups is 1. The SMILES string of the molecule is COC(=O)C1=C(CN2CC(F)(F)C[C@H]2CO)NC(c2nccs2)=N[C@@]1(C)c1ccc(F)cc1. The van der Waals surface area contributed by atoms with Crippen molar-refractivity contribution >= 4 is 23.1 Å². The summed E-state index contributed by atoms with van der Waals surface area (Å²) in [5, 5.41) is 15.0. The number of methoxy groups -OCH3 is 1.